The van der Waals surface area contributed by atoms with Crippen LogP contribution in [-0.4, -0.2) is 41.4 Å². The third-order valence-electron chi connectivity index (χ3n) is 4.32. The standard InChI is InChI=1S/C18H27ClN4/c1-5-22(4)11-10-20-12-17-14(2)21-23(15(17)3)13-16-8-6-7-9-18(16)19/h6-9,20H,5,10-13H2,1-4H3. The van der Waals surface area contributed by atoms with Crippen molar-refractivity contribution in [3.63, 3.8) is 0 Å². The summed E-state index contributed by atoms with van der Waals surface area (Å²) in [6.45, 7) is 11.1. The summed E-state index contributed by atoms with van der Waals surface area (Å²) in [7, 11) is 2.14. The summed E-state index contributed by atoms with van der Waals surface area (Å²) in [6, 6.07) is 7.95. The molecule has 0 aliphatic rings. The Balaban J connectivity index is 2.00. The third-order valence-corrected chi connectivity index (χ3v) is 4.69. The maximum absolute atomic E-state index is 6.26. The van der Waals surface area contributed by atoms with Crippen LogP contribution in [0.4, 0.5) is 0 Å². The Bertz CT molecular complexity index is 636. The van der Waals surface area contributed by atoms with E-state index in [1.807, 2.05) is 22.9 Å². The van der Waals surface area contributed by atoms with Crippen LogP contribution in [-0.2, 0) is 13.1 Å². The summed E-state index contributed by atoms with van der Waals surface area (Å²) in [5, 5.41) is 8.99. The summed E-state index contributed by atoms with van der Waals surface area (Å²) in [4.78, 5) is 2.30. The predicted octanol–water partition coefficient (Wildman–Crippen LogP) is 3.24. The number of halogens is 1. The minimum Gasteiger partial charge on any atom is -0.311 e. The molecule has 0 spiro atoms. The van der Waals surface area contributed by atoms with Crippen molar-refractivity contribution in [3.05, 3.63) is 51.8 Å². The van der Waals surface area contributed by atoms with Gasteiger partial charge in [0.15, 0.2) is 0 Å². The van der Waals surface area contributed by atoms with E-state index in [1.54, 1.807) is 0 Å². The molecule has 1 aromatic heterocycles. The van der Waals surface area contributed by atoms with Gasteiger partial charge >= 0.3 is 0 Å². The van der Waals surface area contributed by atoms with Crippen LogP contribution in [0.15, 0.2) is 24.3 Å². The Labute approximate surface area is 144 Å². The van der Waals surface area contributed by atoms with Gasteiger partial charge in [-0.15, -0.1) is 0 Å². The zero-order valence-electron chi connectivity index (χ0n) is 14.6. The van der Waals surface area contributed by atoms with Gasteiger partial charge in [-0.2, -0.15) is 5.10 Å². The van der Waals surface area contributed by atoms with Crippen LogP contribution in [0, 0.1) is 13.8 Å². The minimum atomic E-state index is 0.713. The first-order chi connectivity index (χ1) is 11.0. The lowest BCUT2D eigenvalue weighted by molar-refractivity contribution is 0.349. The van der Waals surface area contributed by atoms with Gasteiger partial charge in [0.05, 0.1) is 12.2 Å². The summed E-state index contributed by atoms with van der Waals surface area (Å²) >= 11 is 6.26. The fraction of sp³-hybridized carbons (Fsp3) is 0.500. The quantitative estimate of drug-likeness (QED) is 0.752. The molecule has 2 aromatic rings. The molecule has 5 heteroatoms. The maximum Gasteiger partial charge on any atom is 0.0677 e. The second kappa shape index (κ2) is 8.48. The molecule has 23 heavy (non-hydrogen) atoms. The Morgan fingerprint density at radius 2 is 2.00 bits per heavy atom. The predicted molar refractivity (Wildman–Crippen MR) is 97.1 cm³/mol. The molecule has 0 atom stereocenters. The molecule has 0 aliphatic heterocycles. The van der Waals surface area contributed by atoms with Gasteiger partial charge in [0.1, 0.15) is 0 Å². The van der Waals surface area contributed by atoms with Crippen molar-refractivity contribution in [1.82, 2.24) is 20.0 Å². The van der Waals surface area contributed by atoms with E-state index in [2.05, 4.69) is 49.2 Å². The second-order valence-electron chi connectivity index (χ2n) is 5.97. The van der Waals surface area contributed by atoms with Crippen LogP contribution in [0.25, 0.3) is 0 Å². The fourth-order valence-corrected chi connectivity index (χ4v) is 2.77. The molecule has 0 amide bonds. The number of nitrogens with zero attached hydrogens (tertiary/aromatic N) is 3. The molecular weight excluding hydrogens is 308 g/mol. The molecule has 0 fully saturated rings. The maximum atomic E-state index is 6.26. The molecule has 1 heterocycles. The molecular formula is C18H27ClN4. The first kappa shape index (κ1) is 18.0. The molecule has 4 nitrogen and oxygen atoms in total. The van der Waals surface area contributed by atoms with Gasteiger partial charge < -0.3 is 10.2 Å². The highest BCUT2D eigenvalue weighted by atomic mass is 35.5. The first-order valence-electron chi connectivity index (χ1n) is 8.18. The average Bonchev–Trinajstić information content (AvgIpc) is 2.80. The van der Waals surface area contributed by atoms with E-state index < -0.39 is 0 Å². The van der Waals surface area contributed by atoms with Crippen molar-refractivity contribution in [3.8, 4) is 0 Å². The van der Waals surface area contributed by atoms with Gasteiger partial charge in [0.25, 0.3) is 0 Å². The number of aromatic nitrogens is 2. The Morgan fingerprint density at radius 3 is 2.70 bits per heavy atom. The van der Waals surface area contributed by atoms with E-state index in [1.165, 1.54) is 11.3 Å². The van der Waals surface area contributed by atoms with Crippen LogP contribution in [0.2, 0.25) is 5.02 Å². The number of rotatable bonds is 8. The highest BCUT2D eigenvalue weighted by Gasteiger charge is 2.12. The average molecular weight is 335 g/mol. The van der Waals surface area contributed by atoms with E-state index in [0.29, 0.717) is 6.54 Å². The van der Waals surface area contributed by atoms with Crippen molar-refractivity contribution < 1.29 is 0 Å². The van der Waals surface area contributed by atoms with Gasteiger partial charge in [-0.1, -0.05) is 36.7 Å². The molecule has 1 N–H and O–H groups in total. The number of aryl methyl sites for hydroxylation is 1. The minimum absolute atomic E-state index is 0.713. The number of likely N-dealkylation sites (N-methyl/N-ethyl adjacent to an activating group) is 1. The lowest BCUT2D eigenvalue weighted by Gasteiger charge is -2.14. The monoisotopic (exact) mass is 334 g/mol. The molecule has 2 rings (SSSR count). The zero-order chi connectivity index (χ0) is 16.8. The van der Waals surface area contributed by atoms with Gasteiger partial charge in [-0.3, -0.25) is 4.68 Å². The lowest BCUT2D eigenvalue weighted by atomic mass is 10.2. The summed E-state index contributed by atoms with van der Waals surface area (Å²) in [6.07, 6.45) is 0. The molecule has 126 valence electrons. The first-order valence-corrected chi connectivity index (χ1v) is 8.56. The summed E-state index contributed by atoms with van der Waals surface area (Å²) < 4.78 is 2.05. The van der Waals surface area contributed by atoms with E-state index in [4.69, 9.17) is 11.6 Å². The highest BCUT2D eigenvalue weighted by molar-refractivity contribution is 6.31. The number of benzene rings is 1. The highest BCUT2D eigenvalue weighted by Crippen LogP contribution is 2.19. The lowest BCUT2D eigenvalue weighted by Crippen LogP contribution is -2.29. The normalized spacial score (nSPS) is 11.4. The van der Waals surface area contributed by atoms with Gasteiger partial charge in [0.2, 0.25) is 0 Å². The van der Waals surface area contributed by atoms with Crippen LogP contribution in [0.1, 0.15) is 29.4 Å². The smallest absolute Gasteiger partial charge is 0.0677 e. The second-order valence-corrected chi connectivity index (χ2v) is 6.38. The number of hydrogen-bond acceptors (Lipinski definition) is 3. The molecule has 0 aliphatic carbocycles. The van der Waals surface area contributed by atoms with Crippen molar-refractivity contribution >= 4 is 11.6 Å². The van der Waals surface area contributed by atoms with Crippen molar-refractivity contribution in [2.75, 3.05) is 26.7 Å². The summed E-state index contributed by atoms with van der Waals surface area (Å²) in [5.41, 5.74) is 4.68. The largest absolute Gasteiger partial charge is 0.311 e. The van der Waals surface area contributed by atoms with Gasteiger partial charge in [-0.25, -0.2) is 0 Å². The molecule has 0 saturated carbocycles. The number of nitrogens with one attached hydrogen (secondary N) is 1. The van der Waals surface area contributed by atoms with Crippen molar-refractivity contribution in [2.45, 2.75) is 33.9 Å². The number of hydrogen-bond donors (Lipinski definition) is 1. The SMILES string of the molecule is CCN(C)CCNCc1c(C)nn(Cc2ccccc2Cl)c1C. The van der Waals surface area contributed by atoms with E-state index in [-0.39, 0.29) is 0 Å². The zero-order valence-corrected chi connectivity index (χ0v) is 15.3. The Morgan fingerprint density at radius 1 is 1.26 bits per heavy atom. The molecule has 0 bridgehead atoms. The molecule has 0 radical (unpaired) electrons. The van der Waals surface area contributed by atoms with Crippen LogP contribution < -0.4 is 5.32 Å². The van der Waals surface area contributed by atoms with Crippen molar-refractivity contribution in [1.29, 1.82) is 0 Å². The van der Waals surface area contributed by atoms with Gasteiger partial charge in [-0.05, 0) is 39.1 Å². The van der Waals surface area contributed by atoms with Crippen LogP contribution in [0.3, 0.4) is 0 Å². The topological polar surface area (TPSA) is 33.1 Å². The third kappa shape index (κ3) is 4.80. The Kier molecular flexibility index (Phi) is 6.63. The summed E-state index contributed by atoms with van der Waals surface area (Å²) in [5.74, 6) is 0. The molecule has 0 saturated heterocycles. The Hall–Kier alpha value is -1.36. The van der Waals surface area contributed by atoms with Crippen LogP contribution >= 0.6 is 11.6 Å². The fourth-order valence-electron chi connectivity index (χ4n) is 2.57. The van der Waals surface area contributed by atoms with E-state index >= 15 is 0 Å². The van der Waals surface area contributed by atoms with Crippen LogP contribution in [0.5, 0.6) is 0 Å². The van der Waals surface area contributed by atoms with E-state index in [0.717, 1.165) is 42.5 Å². The molecule has 0 unspecified atom stereocenters. The molecule has 1 aromatic carbocycles. The van der Waals surface area contributed by atoms with Crippen molar-refractivity contribution in [2.24, 2.45) is 0 Å². The van der Waals surface area contributed by atoms with E-state index in [9.17, 15) is 0 Å². The van der Waals surface area contributed by atoms with Gasteiger partial charge in [0, 0.05) is 35.9 Å².